The summed E-state index contributed by atoms with van der Waals surface area (Å²) < 4.78 is 5.57. The van der Waals surface area contributed by atoms with Crippen molar-refractivity contribution >= 4 is 17.4 Å². The van der Waals surface area contributed by atoms with Crippen LogP contribution in [0.3, 0.4) is 0 Å². The number of aromatic nitrogens is 2. The van der Waals surface area contributed by atoms with Crippen molar-refractivity contribution in [1.82, 2.24) is 19.8 Å². The van der Waals surface area contributed by atoms with Crippen molar-refractivity contribution in [2.75, 3.05) is 32.7 Å². The van der Waals surface area contributed by atoms with E-state index in [-0.39, 0.29) is 6.09 Å². The van der Waals surface area contributed by atoms with Gasteiger partial charge in [-0.1, -0.05) is 18.2 Å². The van der Waals surface area contributed by atoms with Crippen molar-refractivity contribution in [2.45, 2.75) is 19.8 Å². The molecule has 1 aliphatic heterocycles. The highest BCUT2D eigenvalue weighted by molar-refractivity contribution is 7.09. The smallest absolute Gasteiger partial charge is 0.410 e. The molecule has 1 fully saturated rings. The fourth-order valence-corrected chi connectivity index (χ4v) is 4.15. The predicted molar refractivity (Wildman–Crippen MR) is 118 cm³/mol. The van der Waals surface area contributed by atoms with Crippen LogP contribution < -0.4 is 4.74 Å². The van der Waals surface area contributed by atoms with Crippen LogP contribution in [0.5, 0.6) is 5.75 Å². The molecule has 6 nitrogen and oxygen atoms in total. The van der Waals surface area contributed by atoms with E-state index in [0.29, 0.717) is 18.8 Å². The molecule has 0 N–H and O–H groups in total. The van der Waals surface area contributed by atoms with Gasteiger partial charge in [-0.3, -0.25) is 9.88 Å². The molecule has 0 saturated carbocycles. The summed E-state index contributed by atoms with van der Waals surface area (Å²) in [5, 5.41) is 3.24. The van der Waals surface area contributed by atoms with E-state index in [1.165, 1.54) is 0 Å². The number of nitrogens with zero attached hydrogens (tertiary/aromatic N) is 4. The summed E-state index contributed by atoms with van der Waals surface area (Å²) >= 11 is 1.70. The quantitative estimate of drug-likeness (QED) is 0.605. The van der Waals surface area contributed by atoms with E-state index >= 15 is 0 Å². The van der Waals surface area contributed by atoms with Gasteiger partial charge < -0.3 is 9.64 Å². The third-order valence-corrected chi connectivity index (χ3v) is 6.04. The Bertz CT molecular complexity index is 951. The second kappa shape index (κ2) is 9.82. The molecule has 1 saturated heterocycles. The second-order valence-electron chi connectivity index (χ2n) is 7.45. The third-order valence-electron chi connectivity index (χ3n) is 5.22. The van der Waals surface area contributed by atoms with Crippen LogP contribution >= 0.6 is 11.3 Å². The maximum atomic E-state index is 12.5. The average molecular weight is 423 g/mol. The summed E-state index contributed by atoms with van der Waals surface area (Å²) in [6, 6.07) is 13.6. The van der Waals surface area contributed by atoms with Crippen LogP contribution in [0.25, 0.3) is 0 Å². The number of rotatable bonds is 6. The summed E-state index contributed by atoms with van der Waals surface area (Å²) in [6.45, 7) is 6.11. The Kier molecular flexibility index (Phi) is 6.71. The van der Waals surface area contributed by atoms with Gasteiger partial charge in [-0.15, -0.1) is 11.3 Å². The lowest BCUT2D eigenvalue weighted by Gasteiger charge is -2.33. The van der Waals surface area contributed by atoms with Crippen molar-refractivity contribution in [1.29, 1.82) is 0 Å². The van der Waals surface area contributed by atoms with Crippen molar-refractivity contribution < 1.29 is 9.53 Å². The number of piperazine rings is 1. The third kappa shape index (κ3) is 5.64. The average Bonchev–Trinajstić information content (AvgIpc) is 3.20. The molecule has 0 atom stereocenters. The molecule has 1 amide bonds. The molecule has 7 heteroatoms. The van der Waals surface area contributed by atoms with Gasteiger partial charge in [-0.2, -0.15) is 0 Å². The Morgan fingerprint density at radius 1 is 1.07 bits per heavy atom. The van der Waals surface area contributed by atoms with Gasteiger partial charge >= 0.3 is 6.09 Å². The minimum atomic E-state index is -0.276. The Morgan fingerprint density at radius 3 is 2.53 bits per heavy atom. The van der Waals surface area contributed by atoms with Gasteiger partial charge in [0.1, 0.15) is 5.75 Å². The molecule has 0 radical (unpaired) electrons. The molecule has 30 heavy (non-hydrogen) atoms. The number of carbonyl (C=O) groups excluding carboxylic acids is 1. The minimum absolute atomic E-state index is 0.276. The summed E-state index contributed by atoms with van der Waals surface area (Å²) in [5.41, 5.74) is 3.31. The molecule has 1 aliphatic rings. The zero-order valence-corrected chi connectivity index (χ0v) is 18.0. The first-order valence-electron chi connectivity index (χ1n) is 10.2. The van der Waals surface area contributed by atoms with Crippen LogP contribution in [0.1, 0.15) is 22.0 Å². The van der Waals surface area contributed by atoms with Crippen molar-refractivity contribution in [3.63, 3.8) is 0 Å². The zero-order chi connectivity index (χ0) is 20.8. The first kappa shape index (κ1) is 20.5. The molecule has 0 spiro atoms. The van der Waals surface area contributed by atoms with Gasteiger partial charge in [0.2, 0.25) is 0 Å². The van der Waals surface area contributed by atoms with Crippen LogP contribution in [0.2, 0.25) is 0 Å². The number of aryl methyl sites for hydroxylation is 1. The van der Waals surface area contributed by atoms with E-state index in [0.717, 1.165) is 54.4 Å². The number of carbonyl (C=O) groups is 1. The van der Waals surface area contributed by atoms with Crippen LogP contribution in [0.4, 0.5) is 4.79 Å². The normalized spacial score (nSPS) is 14.6. The number of amides is 1. The highest BCUT2D eigenvalue weighted by Crippen LogP contribution is 2.16. The molecule has 0 bridgehead atoms. The number of ether oxygens (including phenoxy) is 1. The van der Waals surface area contributed by atoms with Gasteiger partial charge in [0.05, 0.1) is 10.7 Å². The maximum absolute atomic E-state index is 12.5. The van der Waals surface area contributed by atoms with E-state index in [2.05, 4.69) is 20.2 Å². The van der Waals surface area contributed by atoms with Crippen LogP contribution in [0.15, 0.2) is 54.0 Å². The molecule has 3 heterocycles. The summed E-state index contributed by atoms with van der Waals surface area (Å²) in [4.78, 5) is 25.5. The molecular weight excluding hydrogens is 396 g/mol. The lowest BCUT2D eigenvalue weighted by Crippen LogP contribution is -2.49. The molecule has 4 rings (SSSR count). The standard InChI is InChI=1S/C23H26N4O2S/c1-18-25-21(17-30-18)9-11-26-12-14-27(15-13-26)23(28)29-22-7-5-19(6-8-22)16-20-4-2-3-10-24-20/h2-8,10,17H,9,11-16H2,1H3. The Labute approximate surface area is 181 Å². The van der Waals surface area contributed by atoms with Gasteiger partial charge in [0.25, 0.3) is 0 Å². The first-order valence-corrected chi connectivity index (χ1v) is 11.1. The van der Waals surface area contributed by atoms with E-state index in [1.807, 2.05) is 49.4 Å². The molecule has 3 aromatic rings. The second-order valence-corrected chi connectivity index (χ2v) is 8.51. The first-order chi connectivity index (χ1) is 14.7. The number of hydrogen-bond donors (Lipinski definition) is 0. The SMILES string of the molecule is Cc1nc(CCN2CCN(C(=O)Oc3ccc(Cc4ccccn4)cc3)CC2)cs1. The van der Waals surface area contributed by atoms with Gasteiger partial charge in [0.15, 0.2) is 0 Å². The van der Waals surface area contributed by atoms with Crippen molar-refractivity contribution in [3.8, 4) is 5.75 Å². The maximum Gasteiger partial charge on any atom is 0.415 e. The molecule has 0 unspecified atom stereocenters. The van der Waals surface area contributed by atoms with E-state index in [1.54, 1.807) is 22.4 Å². The van der Waals surface area contributed by atoms with Crippen LogP contribution in [-0.2, 0) is 12.8 Å². The summed E-state index contributed by atoms with van der Waals surface area (Å²) in [7, 11) is 0. The van der Waals surface area contributed by atoms with Crippen molar-refractivity contribution in [3.05, 3.63) is 76.0 Å². The topological polar surface area (TPSA) is 58.6 Å². The molecule has 2 aromatic heterocycles. The highest BCUT2D eigenvalue weighted by atomic mass is 32.1. The highest BCUT2D eigenvalue weighted by Gasteiger charge is 2.22. The largest absolute Gasteiger partial charge is 0.415 e. The Hall–Kier alpha value is -2.77. The fraction of sp³-hybridized carbons (Fsp3) is 0.348. The van der Waals surface area contributed by atoms with E-state index in [4.69, 9.17) is 4.74 Å². The van der Waals surface area contributed by atoms with Gasteiger partial charge in [-0.05, 0) is 36.8 Å². The fourth-order valence-electron chi connectivity index (χ4n) is 3.50. The van der Waals surface area contributed by atoms with Gasteiger partial charge in [0, 0.05) is 62.8 Å². The predicted octanol–water partition coefficient (Wildman–Crippen LogP) is 3.80. The lowest BCUT2D eigenvalue weighted by molar-refractivity contribution is 0.111. The van der Waals surface area contributed by atoms with Crippen LogP contribution in [0, 0.1) is 6.92 Å². The van der Waals surface area contributed by atoms with E-state index in [9.17, 15) is 4.79 Å². The number of thiazole rings is 1. The number of benzene rings is 1. The summed E-state index contributed by atoms with van der Waals surface area (Å²) in [5.74, 6) is 0.575. The molecule has 1 aromatic carbocycles. The van der Waals surface area contributed by atoms with Crippen LogP contribution in [-0.4, -0.2) is 58.6 Å². The van der Waals surface area contributed by atoms with E-state index < -0.39 is 0 Å². The lowest BCUT2D eigenvalue weighted by atomic mass is 10.1. The van der Waals surface area contributed by atoms with Gasteiger partial charge in [-0.25, -0.2) is 9.78 Å². The number of hydrogen-bond acceptors (Lipinski definition) is 6. The Balaban J connectivity index is 1.21. The summed E-state index contributed by atoms with van der Waals surface area (Å²) in [6.07, 6.45) is 3.24. The molecular formula is C23H26N4O2S. The molecule has 0 aliphatic carbocycles. The Morgan fingerprint density at radius 2 is 1.87 bits per heavy atom. The molecule has 156 valence electrons. The van der Waals surface area contributed by atoms with Crippen molar-refractivity contribution in [2.24, 2.45) is 0 Å². The minimum Gasteiger partial charge on any atom is -0.410 e. The number of pyridine rings is 1. The monoisotopic (exact) mass is 422 g/mol. The zero-order valence-electron chi connectivity index (χ0n) is 17.2.